The Balaban J connectivity index is 1.74. The Kier molecular flexibility index (Phi) is 7.66. The second-order valence-electron chi connectivity index (χ2n) is 7.55. The molecule has 1 heterocycles. The predicted molar refractivity (Wildman–Crippen MR) is 122 cm³/mol. The van der Waals surface area contributed by atoms with Gasteiger partial charge in [-0.3, -0.25) is 14.6 Å². The molecule has 0 radical (unpaired) electrons. The van der Waals surface area contributed by atoms with Crippen LogP contribution in [0.5, 0.6) is 5.75 Å². The topological polar surface area (TPSA) is 144 Å². The van der Waals surface area contributed by atoms with Crippen molar-refractivity contribution in [3.05, 3.63) is 36.4 Å². The van der Waals surface area contributed by atoms with E-state index in [0.29, 0.717) is 30.8 Å². The lowest BCUT2D eigenvalue weighted by Crippen LogP contribution is -2.49. The average molecular weight is 427 g/mol. The van der Waals surface area contributed by atoms with Gasteiger partial charge in [0, 0.05) is 23.7 Å². The largest absolute Gasteiger partial charge is 0.496 e. The SMILES string of the molecule is COc1cc(NC(=O)[C@@H](CCCN=C(N)N)NC(=O)[C@H]2CCCN2)cc2ccccc12. The summed E-state index contributed by atoms with van der Waals surface area (Å²) < 4.78 is 5.48. The monoisotopic (exact) mass is 426 g/mol. The van der Waals surface area contributed by atoms with Gasteiger partial charge in [-0.2, -0.15) is 0 Å². The lowest BCUT2D eigenvalue weighted by atomic mass is 10.1. The maximum absolute atomic E-state index is 13.1. The predicted octanol–water partition coefficient (Wildman–Crippen LogP) is 1.08. The van der Waals surface area contributed by atoms with E-state index in [9.17, 15) is 9.59 Å². The van der Waals surface area contributed by atoms with Crippen LogP contribution >= 0.6 is 0 Å². The molecule has 0 saturated carbocycles. The summed E-state index contributed by atoms with van der Waals surface area (Å²) in [6, 6.07) is 10.4. The van der Waals surface area contributed by atoms with Crippen molar-refractivity contribution in [2.24, 2.45) is 16.5 Å². The number of carbonyl (C=O) groups is 2. The Bertz CT molecular complexity index is 951. The highest BCUT2D eigenvalue weighted by molar-refractivity contribution is 6.00. The summed E-state index contributed by atoms with van der Waals surface area (Å²) in [7, 11) is 1.59. The van der Waals surface area contributed by atoms with Crippen LogP contribution < -0.4 is 32.2 Å². The van der Waals surface area contributed by atoms with Crippen LogP contribution in [-0.4, -0.2) is 50.1 Å². The standard InChI is InChI=1S/C22H30N6O3/c1-31-19-13-15(12-14-6-2-3-7-16(14)19)27-21(30)18(9-5-11-26-22(23)24)28-20(29)17-8-4-10-25-17/h2-3,6-7,12-13,17-18,25H,4-5,8-11H2,1H3,(H,27,30)(H,28,29)(H4,23,24,26)/t17-,18-/m1/s1. The van der Waals surface area contributed by atoms with Crippen LogP contribution in [0.3, 0.4) is 0 Å². The Labute approximate surface area is 181 Å². The van der Waals surface area contributed by atoms with Crippen LogP contribution in [-0.2, 0) is 9.59 Å². The maximum atomic E-state index is 13.1. The highest BCUT2D eigenvalue weighted by Crippen LogP contribution is 2.29. The van der Waals surface area contributed by atoms with Crippen LogP contribution in [0.25, 0.3) is 10.8 Å². The molecule has 0 aliphatic carbocycles. The van der Waals surface area contributed by atoms with Crippen molar-refractivity contribution >= 4 is 34.2 Å². The fraction of sp³-hybridized carbons (Fsp3) is 0.409. The third-order valence-electron chi connectivity index (χ3n) is 5.27. The number of nitrogens with two attached hydrogens (primary N) is 2. The molecule has 31 heavy (non-hydrogen) atoms. The van der Waals surface area contributed by atoms with Gasteiger partial charge in [-0.25, -0.2) is 0 Å². The van der Waals surface area contributed by atoms with E-state index in [-0.39, 0.29) is 23.8 Å². The normalized spacial score (nSPS) is 16.5. The minimum absolute atomic E-state index is 0.00320. The molecule has 1 fully saturated rings. The summed E-state index contributed by atoms with van der Waals surface area (Å²) in [5.41, 5.74) is 11.3. The number of carbonyl (C=O) groups excluding carboxylic acids is 2. The number of aliphatic imine (C=N–C) groups is 1. The van der Waals surface area contributed by atoms with Gasteiger partial charge in [-0.15, -0.1) is 0 Å². The van der Waals surface area contributed by atoms with E-state index < -0.39 is 6.04 Å². The third kappa shape index (κ3) is 6.08. The molecule has 1 saturated heterocycles. The molecule has 0 aromatic heterocycles. The fourth-order valence-electron chi connectivity index (χ4n) is 3.70. The van der Waals surface area contributed by atoms with E-state index in [4.69, 9.17) is 16.2 Å². The van der Waals surface area contributed by atoms with Crippen molar-refractivity contribution in [3.63, 3.8) is 0 Å². The van der Waals surface area contributed by atoms with Crippen molar-refractivity contribution in [1.82, 2.24) is 10.6 Å². The molecule has 9 heteroatoms. The average Bonchev–Trinajstić information content (AvgIpc) is 3.30. The first-order valence-electron chi connectivity index (χ1n) is 10.4. The molecular formula is C22H30N6O3. The highest BCUT2D eigenvalue weighted by Gasteiger charge is 2.27. The zero-order valence-corrected chi connectivity index (χ0v) is 17.7. The quantitative estimate of drug-likeness (QED) is 0.231. The second kappa shape index (κ2) is 10.6. The summed E-state index contributed by atoms with van der Waals surface area (Å²) in [4.78, 5) is 29.6. The van der Waals surface area contributed by atoms with Gasteiger partial charge < -0.3 is 32.2 Å². The van der Waals surface area contributed by atoms with Gasteiger partial charge in [-0.1, -0.05) is 24.3 Å². The van der Waals surface area contributed by atoms with E-state index in [0.717, 1.165) is 30.2 Å². The van der Waals surface area contributed by atoms with Crippen LogP contribution in [0.15, 0.2) is 41.4 Å². The third-order valence-corrected chi connectivity index (χ3v) is 5.27. The van der Waals surface area contributed by atoms with Gasteiger partial charge >= 0.3 is 0 Å². The second-order valence-corrected chi connectivity index (χ2v) is 7.55. The van der Waals surface area contributed by atoms with E-state index >= 15 is 0 Å². The number of anilines is 1. The molecule has 2 aromatic carbocycles. The van der Waals surface area contributed by atoms with Crippen LogP contribution in [0, 0.1) is 0 Å². The number of nitrogens with zero attached hydrogens (tertiary/aromatic N) is 1. The smallest absolute Gasteiger partial charge is 0.246 e. The van der Waals surface area contributed by atoms with Gasteiger partial charge in [0.2, 0.25) is 11.8 Å². The number of nitrogens with one attached hydrogen (secondary N) is 3. The van der Waals surface area contributed by atoms with Gasteiger partial charge in [0.05, 0.1) is 13.2 Å². The minimum Gasteiger partial charge on any atom is -0.496 e. The van der Waals surface area contributed by atoms with Crippen LogP contribution in [0.2, 0.25) is 0 Å². The van der Waals surface area contributed by atoms with Gasteiger partial charge in [0.1, 0.15) is 11.8 Å². The molecule has 3 rings (SSSR count). The maximum Gasteiger partial charge on any atom is 0.246 e. The lowest BCUT2D eigenvalue weighted by molar-refractivity contribution is -0.127. The van der Waals surface area contributed by atoms with E-state index in [1.807, 2.05) is 30.3 Å². The minimum atomic E-state index is -0.707. The summed E-state index contributed by atoms with van der Waals surface area (Å²) >= 11 is 0. The number of amides is 2. The van der Waals surface area contributed by atoms with Crippen LogP contribution in [0.1, 0.15) is 25.7 Å². The van der Waals surface area contributed by atoms with Crippen molar-refractivity contribution in [2.45, 2.75) is 37.8 Å². The molecule has 166 valence electrons. The van der Waals surface area contributed by atoms with E-state index in [2.05, 4.69) is 20.9 Å². The summed E-state index contributed by atoms with van der Waals surface area (Å²) in [6.07, 6.45) is 2.66. The van der Waals surface area contributed by atoms with E-state index in [1.165, 1.54) is 0 Å². The molecule has 9 nitrogen and oxygen atoms in total. The summed E-state index contributed by atoms with van der Waals surface area (Å²) in [6.45, 7) is 1.18. The van der Waals surface area contributed by atoms with Crippen molar-refractivity contribution in [3.8, 4) is 5.75 Å². The summed E-state index contributed by atoms with van der Waals surface area (Å²) in [5.74, 6) is 0.198. The van der Waals surface area contributed by atoms with E-state index in [1.54, 1.807) is 13.2 Å². The zero-order valence-electron chi connectivity index (χ0n) is 17.7. The highest BCUT2D eigenvalue weighted by atomic mass is 16.5. The number of ether oxygens (including phenoxy) is 1. The molecule has 2 amide bonds. The Hall–Kier alpha value is -3.33. The molecule has 7 N–H and O–H groups in total. The van der Waals surface area contributed by atoms with Gasteiger partial charge in [-0.05, 0) is 43.7 Å². The first-order chi connectivity index (χ1) is 15.0. The number of hydrogen-bond acceptors (Lipinski definition) is 5. The summed E-state index contributed by atoms with van der Waals surface area (Å²) in [5, 5.41) is 10.8. The molecule has 0 spiro atoms. The molecule has 0 unspecified atom stereocenters. The number of benzene rings is 2. The van der Waals surface area contributed by atoms with Gasteiger partial charge in [0.15, 0.2) is 5.96 Å². The number of rotatable bonds is 9. The number of methoxy groups -OCH3 is 1. The Morgan fingerprint density at radius 2 is 2.10 bits per heavy atom. The molecule has 1 aliphatic heterocycles. The van der Waals surface area contributed by atoms with Crippen molar-refractivity contribution in [1.29, 1.82) is 0 Å². The number of hydrogen-bond donors (Lipinski definition) is 5. The molecule has 0 bridgehead atoms. The first-order valence-corrected chi connectivity index (χ1v) is 10.4. The zero-order chi connectivity index (χ0) is 22.2. The molecular weight excluding hydrogens is 396 g/mol. The molecule has 1 aliphatic rings. The molecule has 2 aromatic rings. The Morgan fingerprint density at radius 3 is 2.81 bits per heavy atom. The Morgan fingerprint density at radius 1 is 1.29 bits per heavy atom. The van der Waals surface area contributed by atoms with Gasteiger partial charge in [0.25, 0.3) is 0 Å². The fourth-order valence-corrected chi connectivity index (χ4v) is 3.70. The number of guanidine groups is 1. The van der Waals surface area contributed by atoms with Crippen molar-refractivity contribution < 1.29 is 14.3 Å². The molecule has 2 atom stereocenters. The number of fused-ring (bicyclic) bond motifs is 1. The first kappa shape index (κ1) is 22.4. The lowest BCUT2D eigenvalue weighted by Gasteiger charge is -2.21. The van der Waals surface area contributed by atoms with Crippen molar-refractivity contribution in [2.75, 3.05) is 25.5 Å². The van der Waals surface area contributed by atoms with Crippen LogP contribution in [0.4, 0.5) is 5.69 Å².